The Morgan fingerprint density at radius 2 is 2.00 bits per heavy atom. The van der Waals surface area contributed by atoms with Gasteiger partial charge in [-0.3, -0.25) is 14.9 Å². The highest BCUT2D eigenvalue weighted by Gasteiger charge is 2.18. The minimum atomic E-state index is -0.838. The summed E-state index contributed by atoms with van der Waals surface area (Å²) in [6.07, 6.45) is 1.99. The molecule has 0 aliphatic heterocycles. The largest absolute Gasteiger partial charge is 0.452 e. The summed E-state index contributed by atoms with van der Waals surface area (Å²) in [5.41, 5.74) is 0.251. The van der Waals surface area contributed by atoms with Gasteiger partial charge in [0, 0.05) is 12.6 Å². The number of amides is 1. The van der Waals surface area contributed by atoms with Crippen molar-refractivity contribution in [1.82, 2.24) is 5.32 Å². The van der Waals surface area contributed by atoms with Crippen LogP contribution in [0.15, 0.2) is 47.4 Å². The Labute approximate surface area is 159 Å². The topological polar surface area (TPSA) is 98.5 Å². The van der Waals surface area contributed by atoms with Crippen LogP contribution in [0.5, 0.6) is 0 Å². The molecule has 0 saturated carbocycles. The zero-order valence-electron chi connectivity index (χ0n) is 14.4. The van der Waals surface area contributed by atoms with Crippen molar-refractivity contribution in [3.63, 3.8) is 0 Å². The Morgan fingerprint density at radius 3 is 2.67 bits per heavy atom. The van der Waals surface area contributed by atoms with Crippen molar-refractivity contribution >= 4 is 29.3 Å². The highest BCUT2D eigenvalue weighted by molar-refractivity contribution is 7.98. The van der Waals surface area contributed by atoms with E-state index in [4.69, 9.17) is 4.74 Å². The Bertz CT molecular complexity index is 859. The monoisotopic (exact) mass is 392 g/mol. The van der Waals surface area contributed by atoms with Crippen molar-refractivity contribution in [3.05, 3.63) is 69.5 Å². The van der Waals surface area contributed by atoms with Gasteiger partial charge in [0.2, 0.25) is 0 Å². The first-order valence-corrected chi connectivity index (χ1v) is 9.14. The van der Waals surface area contributed by atoms with E-state index in [0.29, 0.717) is 16.9 Å². The first-order chi connectivity index (χ1) is 12.9. The van der Waals surface area contributed by atoms with Crippen LogP contribution < -0.4 is 5.32 Å². The SMILES string of the molecule is CSc1ccc(C(=O)OCC(=O)NCCc2ccccc2F)cc1[N+](=O)[O-]. The molecule has 27 heavy (non-hydrogen) atoms. The van der Waals surface area contributed by atoms with Gasteiger partial charge in [0.25, 0.3) is 11.6 Å². The van der Waals surface area contributed by atoms with Gasteiger partial charge >= 0.3 is 5.97 Å². The number of benzene rings is 2. The summed E-state index contributed by atoms with van der Waals surface area (Å²) in [6.45, 7) is -0.348. The van der Waals surface area contributed by atoms with Gasteiger partial charge in [-0.15, -0.1) is 11.8 Å². The van der Waals surface area contributed by atoms with E-state index < -0.39 is 23.4 Å². The molecule has 0 bridgehead atoms. The third-order valence-corrected chi connectivity index (χ3v) is 4.41. The first-order valence-electron chi connectivity index (χ1n) is 7.92. The molecule has 0 spiro atoms. The maximum atomic E-state index is 13.5. The van der Waals surface area contributed by atoms with Crippen LogP contribution in [0.4, 0.5) is 10.1 Å². The van der Waals surface area contributed by atoms with Crippen LogP contribution in [0.1, 0.15) is 15.9 Å². The molecule has 0 fully saturated rings. The first kappa shape index (κ1) is 20.4. The molecule has 7 nitrogen and oxygen atoms in total. The molecule has 0 radical (unpaired) electrons. The van der Waals surface area contributed by atoms with Gasteiger partial charge in [-0.25, -0.2) is 9.18 Å². The van der Waals surface area contributed by atoms with Gasteiger partial charge in [-0.05, 0) is 36.4 Å². The lowest BCUT2D eigenvalue weighted by Crippen LogP contribution is -2.30. The van der Waals surface area contributed by atoms with Crippen LogP contribution in [0, 0.1) is 15.9 Å². The quantitative estimate of drug-likeness (QED) is 0.321. The van der Waals surface area contributed by atoms with Crippen molar-refractivity contribution in [2.24, 2.45) is 0 Å². The number of nitrogens with one attached hydrogen (secondary N) is 1. The second-order valence-electron chi connectivity index (χ2n) is 5.41. The third kappa shape index (κ3) is 5.78. The van der Waals surface area contributed by atoms with E-state index in [2.05, 4.69) is 5.32 Å². The lowest BCUT2D eigenvalue weighted by molar-refractivity contribution is -0.387. The molecule has 0 saturated heterocycles. The average Bonchev–Trinajstić information content (AvgIpc) is 2.67. The summed E-state index contributed by atoms with van der Waals surface area (Å²) >= 11 is 1.19. The summed E-state index contributed by atoms with van der Waals surface area (Å²) in [6, 6.07) is 10.2. The number of carbonyl (C=O) groups is 2. The number of hydrogen-bond acceptors (Lipinski definition) is 6. The predicted molar refractivity (Wildman–Crippen MR) is 98.3 cm³/mol. The van der Waals surface area contributed by atoms with Gasteiger partial charge in [-0.1, -0.05) is 18.2 Å². The Balaban J connectivity index is 1.84. The maximum absolute atomic E-state index is 13.5. The van der Waals surface area contributed by atoms with E-state index >= 15 is 0 Å². The van der Waals surface area contributed by atoms with E-state index in [1.807, 2.05) is 0 Å². The summed E-state index contributed by atoms with van der Waals surface area (Å²) in [5.74, 6) is -1.74. The molecular formula is C18H17FN2O5S. The predicted octanol–water partition coefficient (Wildman–Crippen LogP) is 2.97. The molecule has 2 aromatic rings. The highest BCUT2D eigenvalue weighted by atomic mass is 32.2. The van der Waals surface area contributed by atoms with Gasteiger partial charge in [0.05, 0.1) is 15.4 Å². The number of hydrogen-bond donors (Lipinski definition) is 1. The van der Waals surface area contributed by atoms with Crippen molar-refractivity contribution in [2.45, 2.75) is 11.3 Å². The van der Waals surface area contributed by atoms with Crippen molar-refractivity contribution in [1.29, 1.82) is 0 Å². The lowest BCUT2D eigenvalue weighted by atomic mass is 10.1. The van der Waals surface area contributed by atoms with Crippen LogP contribution in [0.25, 0.3) is 0 Å². The fraction of sp³-hybridized carbons (Fsp3) is 0.222. The number of carbonyl (C=O) groups excluding carboxylic acids is 2. The maximum Gasteiger partial charge on any atom is 0.338 e. The third-order valence-electron chi connectivity index (χ3n) is 3.62. The van der Waals surface area contributed by atoms with Gasteiger partial charge in [-0.2, -0.15) is 0 Å². The molecule has 2 rings (SSSR count). The number of nitro benzene ring substituents is 1. The van der Waals surface area contributed by atoms with Gasteiger partial charge in [0.1, 0.15) is 5.82 Å². The summed E-state index contributed by atoms with van der Waals surface area (Å²) in [4.78, 5) is 34.6. The van der Waals surface area contributed by atoms with Crippen LogP contribution in [-0.2, 0) is 16.0 Å². The van der Waals surface area contributed by atoms with Crippen LogP contribution in [-0.4, -0.2) is 36.2 Å². The fourth-order valence-electron chi connectivity index (χ4n) is 2.26. The number of ether oxygens (including phenoxy) is 1. The molecule has 1 N–H and O–H groups in total. The molecule has 0 unspecified atom stereocenters. The number of nitrogens with zero attached hydrogens (tertiary/aromatic N) is 1. The minimum absolute atomic E-state index is 0.0151. The molecule has 0 aromatic heterocycles. The average molecular weight is 392 g/mol. The van der Waals surface area contributed by atoms with Crippen molar-refractivity contribution in [3.8, 4) is 0 Å². The smallest absolute Gasteiger partial charge is 0.338 e. The molecule has 0 aliphatic carbocycles. The van der Waals surface area contributed by atoms with Crippen LogP contribution >= 0.6 is 11.8 Å². The van der Waals surface area contributed by atoms with E-state index in [1.54, 1.807) is 24.5 Å². The standard InChI is InChI=1S/C18H17FN2O5S/c1-27-16-7-6-13(10-15(16)21(24)25)18(23)26-11-17(22)20-9-8-12-4-2-3-5-14(12)19/h2-7,10H,8-9,11H2,1H3,(H,20,22). The summed E-state index contributed by atoms with van der Waals surface area (Å²) in [7, 11) is 0. The Hall–Kier alpha value is -2.94. The van der Waals surface area contributed by atoms with Gasteiger partial charge in [0.15, 0.2) is 6.61 Å². The number of nitro groups is 1. The second-order valence-corrected chi connectivity index (χ2v) is 6.26. The summed E-state index contributed by atoms with van der Waals surface area (Å²) < 4.78 is 18.3. The number of rotatable bonds is 8. The minimum Gasteiger partial charge on any atom is -0.452 e. The van der Waals surface area contributed by atoms with Crippen molar-refractivity contribution in [2.75, 3.05) is 19.4 Å². The molecule has 142 valence electrons. The Kier molecular flexibility index (Phi) is 7.30. The zero-order chi connectivity index (χ0) is 19.8. The number of thioether (sulfide) groups is 1. The van der Waals surface area contributed by atoms with E-state index in [1.165, 1.54) is 30.0 Å². The molecule has 1 amide bonds. The molecule has 9 heteroatoms. The summed E-state index contributed by atoms with van der Waals surface area (Å²) in [5, 5.41) is 13.5. The zero-order valence-corrected chi connectivity index (χ0v) is 15.3. The molecular weight excluding hydrogens is 375 g/mol. The number of esters is 1. The van der Waals surface area contributed by atoms with Crippen LogP contribution in [0.2, 0.25) is 0 Å². The number of halogens is 1. The van der Waals surface area contributed by atoms with E-state index in [0.717, 1.165) is 6.07 Å². The molecule has 2 aromatic carbocycles. The lowest BCUT2D eigenvalue weighted by Gasteiger charge is -2.08. The molecule has 0 atom stereocenters. The van der Waals surface area contributed by atoms with Crippen molar-refractivity contribution < 1.29 is 23.6 Å². The Morgan fingerprint density at radius 1 is 1.26 bits per heavy atom. The van der Waals surface area contributed by atoms with Crippen LogP contribution in [0.3, 0.4) is 0 Å². The fourth-order valence-corrected chi connectivity index (χ4v) is 2.81. The second kappa shape index (κ2) is 9.67. The normalized spacial score (nSPS) is 10.3. The van der Waals surface area contributed by atoms with E-state index in [-0.39, 0.29) is 23.6 Å². The highest BCUT2D eigenvalue weighted by Crippen LogP contribution is 2.28. The van der Waals surface area contributed by atoms with Gasteiger partial charge < -0.3 is 10.1 Å². The van der Waals surface area contributed by atoms with E-state index in [9.17, 15) is 24.1 Å². The molecule has 0 aliphatic rings. The molecule has 0 heterocycles.